The first-order valence-corrected chi connectivity index (χ1v) is 12.8. The molecule has 2 heterocycles. The molecule has 1 saturated heterocycles. The van der Waals surface area contributed by atoms with Gasteiger partial charge in [-0.3, -0.25) is 4.90 Å². The van der Waals surface area contributed by atoms with Crippen LogP contribution in [0.4, 0.5) is 17.6 Å². The molecule has 196 valence electrons. The first-order chi connectivity index (χ1) is 17.4. The molecule has 37 heavy (non-hydrogen) atoms. The largest absolute Gasteiger partial charge is 0.490 e. The molecule has 1 saturated carbocycles. The van der Waals surface area contributed by atoms with Crippen molar-refractivity contribution in [3.05, 3.63) is 77.6 Å². The Labute approximate surface area is 214 Å². The zero-order valence-electron chi connectivity index (χ0n) is 20.9. The summed E-state index contributed by atoms with van der Waals surface area (Å²) in [4.78, 5) is 11.6. The van der Waals surface area contributed by atoms with Crippen LogP contribution in [0.25, 0.3) is 16.7 Å². The molecule has 2 aromatic carbocycles. The van der Waals surface area contributed by atoms with E-state index in [1.807, 2.05) is 36.4 Å². The molecule has 2 fully saturated rings. The summed E-state index contributed by atoms with van der Waals surface area (Å²) in [5.74, 6) is -1.27. The molecule has 3 aliphatic carbocycles. The molecule has 3 nitrogen and oxygen atoms in total. The third kappa shape index (κ3) is 4.86. The Morgan fingerprint density at radius 2 is 1.76 bits per heavy atom. The molecule has 2 aromatic rings. The van der Waals surface area contributed by atoms with Crippen molar-refractivity contribution in [2.45, 2.75) is 57.8 Å². The first-order valence-electron chi connectivity index (χ1n) is 12.8. The van der Waals surface area contributed by atoms with Crippen LogP contribution >= 0.6 is 0 Å². The second-order valence-corrected chi connectivity index (χ2v) is 11.2. The number of rotatable bonds is 4. The molecule has 4 bridgehead atoms. The van der Waals surface area contributed by atoms with E-state index in [9.17, 15) is 17.6 Å². The molecular formula is C30H31F4NO2. The van der Waals surface area contributed by atoms with Crippen LogP contribution in [0, 0.1) is 23.1 Å². The van der Waals surface area contributed by atoms with E-state index in [0.717, 1.165) is 35.9 Å². The van der Waals surface area contributed by atoms with Gasteiger partial charge in [0.05, 0.1) is 0 Å². The number of nitrogens with zero attached hydrogens (tertiary/aromatic N) is 1. The lowest BCUT2D eigenvalue weighted by Gasteiger charge is -2.46. The summed E-state index contributed by atoms with van der Waals surface area (Å²) in [6, 6.07) is 16.8. The minimum atomic E-state index is -5.08. The van der Waals surface area contributed by atoms with Gasteiger partial charge in [-0.2, -0.15) is 13.2 Å². The SMILES string of the molecule is CC1(C)C2C=C(CN3C4C=C(c5ccc(-c6ccccc6)c(F)c5)CC3CC4)C1C2.O=C(O)C(F)(F)F. The van der Waals surface area contributed by atoms with Crippen molar-refractivity contribution in [2.75, 3.05) is 6.54 Å². The van der Waals surface area contributed by atoms with Gasteiger partial charge in [0.15, 0.2) is 0 Å². The third-order valence-corrected chi connectivity index (χ3v) is 8.78. The second kappa shape index (κ2) is 9.43. The van der Waals surface area contributed by atoms with Gasteiger partial charge >= 0.3 is 12.1 Å². The highest BCUT2D eigenvalue weighted by molar-refractivity contribution is 5.73. The Balaban J connectivity index is 0.000000355. The minimum absolute atomic E-state index is 0.118. The predicted molar refractivity (Wildman–Crippen MR) is 135 cm³/mol. The van der Waals surface area contributed by atoms with Gasteiger partial charge in [-0.05, 0) is 65.7 Å². The van der Waals surface area contributed by atoms with Crippen LogP contribution in [-0.2, 0) is 4.79 Å². The van der Waals surface area contributed by atoms with E-state index in [1.165, 1.54) is 24.8 Å². The van der Waals surface area contributed by atoms with Crippen LogP contribution in [0.3, 0.4) is 0 Å². The average Bonchev–Trinajstić information content (AvgIpc) is 3.46. The number of hydrogen-bond donors (Lipinski definition) is 1. The Bertz CT molecular complexity index is 1250. The molecule has 7 heteroatoms. The number of halogens is 4. The van der Waals surface area contributed by atoms with Crippen LogP contribution in [0.5, 0.6) is 0 Å². The Kier molecular flexibility index (Phi) is 6.55. The van der Waals surface area contributed by atoms with Crippen LogP contribution in [0.2, 0.25) is 0 Å². The average molecular weight is 514 g/mol. The van der Waals surface area contributed by atoms with Crippen molar-refractivity contribution in [3.63, 3.8) is 0 Å². The van der Waals surface area contributed by atoms with E-state index in [0.29, 0.717) is 23.1 Å². The lowest BCUT2D eigenvalue weighted by atomic mass is 9.59. The third-order valence-electron chi connectivity index (χ3n) is 8.78. The van der Waals surface area contributed by atoms with E-state index >= 15 is 0 Å². The standard InChI is InChI=1S/C28H30FN.C2HF3O2/c1-28(2)22-12-21(26(28)16-22)17-30-23-9-10-24(30)14-20(13-23)19-8-11-25(27(29)15-19)18-6-4-3-5-7-18;3-2(4,5)1(6)7/h3-8,11-13,15,22-24,26H,9-10,14,16-17H2,1-2H3;(H,6,7). The normalized spacial score (nSPS) is 27.5. The van der Waals surface area contributed by atoms with E-state index in [-0.39, 0.29) is 5.82 Å². The van der Waals surface area contributed by atoms with Gasteiger partial charge in [0.1, 0.15) is 5.82 Å². The van der Waals surface area contributed by atoms with Crippen molar-refractivity contribution < 1.29 is 27.5 Å². The molecule has 1 N–H and O–H groups in total. The summed E-state index contributed by atoms with van der Waals surface area (Å²) in [5.41, 5.74) is 6.21. The van der Waals surface area contributed by atoms with E-state index < -0.39 is 12.1 Å². The summed E-state index contributed by atoms with van der Waals surface area (Å²) in [7, 11) is 0. The van der Waals surface area contributed by atoms with E-state index in [1.54, 1.807) is 11.6 Å². The summed E-state index contributed by atoms with van der Waals surface area (Å²) >= 11 is 0. The van der Waals surface area contributed by atoms with Gasteiger partial charge in [0, 0.05) is 24.2 Å². The Morgan fingerprint density at radius 3 is 2.30 bits per heavy atom. The minimum Gasteiger partial charge on any atom is -0.475 e. The number of hydrogen-bond acceptors (Lipinski definition) is 2. The monoisotopic (exact) mass is 513 g/mol. The van der Waals surface area contributed by atoms with Crippen LogP contribution in [0.1, 0.15) is 45.1 Å². The maximum absolute atomic E-state index is 14.9. The van der Waals surface area contributed by atoms with Crippen molar-refractivity contribution in [3.8, 4) is 11.1 Å². The zero-order valence-corrected chi connectivity index (χ0v) is 20.9. The van der Waals surface area contributed by atoms with Crippen LogP contribution in [-0.4, -0.2) is 40.8 Å². The molecule has 2 aliphatic heterocycles. The Hall–Kier alpha value is -2.93. The van der Waals surface area contributed by atoms with Crippen LogP contribution in [0.15, 0.2) is 66.3 Å². The number of alkyl halides is 3. The highest BCUT2D eigenvalue weighted by atomic mass is 19.4. The fourth-order valence-corrected chi connectivity index (χ4v) is 6.56. The quantitative estimate of drug-likeness (QED) is 0.343. The highest BCUT2D eigenvalue weighted by Crippen LogP contribution is 2.61. The van der Waals surface area contributed by atoms with Gasteiger partial charge in [0.25, 0.3) is 0 Å². The van der Waals surface area contributed by atoms with Gasteiger partial charge in [0.2, 0.25) is 0 Å². The Morgan fingerprint density at radius 1 is 1.05 bits per heavy atom. The smallest absolute Gasteiger partial charge is 0.475 e. The molecule has 4 atom stereocenters. The summed E-state index contributed by atoms with van der Waals surface area (Å²) < 4.78 is 46.7. The lowest BCUT2D eigenvalue weighted by Crippen LogP contribution is -2.43. The number of aliphatic carboxylic acids is 1. The van der Waals surface area contributed by atoms with Crippen molar-refractivity contribution in [1.29, 1.82) is 0 Å². The maximum Gasteiger partial charge on any atom is 0.490 e. The molecule has 7 rings (SSSR count). The fourth-order valence-electron chi connectivity index (χ4n) is 6.56. The summed E-state index contributed by atoms with van der Waals surface area (Å²) in [6.07, 6.45) is 4.86. The highest BCUT2D eigenvalue weighted by Gasteiger charge is 2.54. The molecule has 0 amide bonds. The summed E-state index contributed by atoms with van der Waals surface area (Å²) in [5, 5.41) is 7.12. The fraction of sp³-hybridized carbons (Fsp3) is 0.433. The molecule has 0 aromatic heterocycles. The predicted octanol–water partition coefficient (Wildman–Crippen LogP) is 7.35. The number of fused-ring (bicyclic) bond motifs is 2. The molecule has 4 unspecified atom stereocenters. The van der Waals surface area contributed by atoms with E-state index in [4.69, 9.17) is 9.90 Å². The van der Waals surface area contributed by atoms with E-state index in [2.05, 4.69) is 37.0 Å². The summed E-state index contributed by atoms with van der Waals surface area (Å²) in [6.45, 7) is 6.02. The van der Waals surface area contributed by atoms with Crippen molar-refractivity contribution in [1.82, 2.24) is 4.90 Å². The maximum atomic E-state index is 14.9. The number of carboxylic acid groups (broad SMARTS) is 1. The second-order valence-electron chi connectivity index (χ2n) is 11.2. The number of benzene rings is 2. The lowest BCUT2D eigenvalue weighted by molar-refractivity contribution is -0.192. The topological polar surface area (TPSA) is 40.5 Å². The number of carbonyl (C=O) groups is 1. The molecule has 5 aliphatic rings. The molecule has 0 radical (unpaired) electrons. The van der Waals surface area contributed by atoms with Gasteiger partial charge in [-0.1, -0.05) is 74.0 Å². The van der Waals surface area contributed by atoms with Crippen molar-refractivity contribution in [2.24, 2.45) is 17.3 Å². The van der Waals surface area contributed by atoms with Gasteiger partial charge in [-0.25, -0.2) is 9.18 Å². The first kappa shape index (κ1) is 25.7. The van der Waals surface area contributed by atoms with Crippen molar-refractivity contribution >= 4 is 11.5 Å². The van der Waals surface area contributed by atoms with Gasteiger partial charge < -0.3 is 5.11 Å². The van der Waals surface area contributed by atoms with Gasteiger partial charge in [-0.15, -0.1) is 0 Å². The molecular weight excluding hydrogens is 482 g/mol. The zero-order chi connectivity index (χ0) is 26.5. The number of carboxylic acids is 1. The number of allylic oxidation sites excluding steroid dienone is 1. The van der Waals surface area contributed by atoms with Crippen LogP contribution < -0.4 is 0 Å². The molecule has 0 spiro atoms.